The summed E-state index contributed by atoms with van der Waals surface area (Å²) in [5, 5.41) is 3.11. The number of sulfonamides is 1. The molecule has 1 aromatic carbocycles. The van der Waals surface area contributed by atoms with Crippen LogP contribution in [0.25, 0.3) is 0 Å². The van der Waals surface area contributed by atoms with E-state index in [2.05, 4.69) is 17.1 Å². The second-order valence-corrected chi connectivity index (χ2v) is 11.0. The molecule has 2 aliphatic rings. The molecule has 1 aliphatic heterocycles. The highest BCUT2D eigenvalue weighted by atomic mass is 32.2. The topological polar surface area (TPSA) is 79.0 Å². The Hall–Kier alpha value is -1.64. The van der Waals surface area contributed by atoms with E-state index in [4.69, 9.17) is 4.74 Å². The number of ether oxygens (including phenoxy) is 1. The zero-order valence-electron chi connectivity index (χ0n) is 19.6. The van der Waals surface area contributed by atoms with E-state index in [9.17, 15) is 13.2 Å². The van der Waals surface area contributed by atoms with E-state index in [1.165, 1.54) is 32.1 Å². The van der Waals surface area contributed by atoms with Crippen molar-refractivity contribution in [3.8, 4) is 5.75 Å². The van der Waals surface area contributed by atoms with Crippen molar-refractivity contribution in [3.05, 3.63) is 24.3 Å². The monoisotopic (exact) mass is 465 g/mol. The van der Waals surface area contributed by atoms with Crippen molar-refractivity contribution in [3.63, 3.8) is 0 Å². The van der Waals surface area contributed by atoms with Gasteiger partial charge in [-0.1, -0.05) is 26.2 Å². The predicted octanol–water partition coefficient (Wildman–Crippen LogP) is 3.11. The number of amides is 1. The molecular weight excluding hydrogens is 426 g/mol. The van der Waals surface area contributed by atoms with Crippen LogP contribution in [0.2, 0.25) is 0 Å². The van der Waals surface area contributed by atoms with Gasteiger partial charge in [-0.2, -0.15) is 4.31 Å². The maximum atomic E-state index is 12.9. The maximum absolute atomic E-state index is 12.9. The highest BCUT2D eigenvalue weighted by molar-refractivity contribution is 7.89. The smallest absolute Gasteiger partial charge is 0.243 e. The summed E-state index contributed by atoms with van der Waals surface area (Å²) in [6.45, 7) is 5.89. The standard InChI is InChI=1S/C24H39N3O4S/c1-3-4-5-20-6-8-21(9-7-20)24(28)25-14-15-26-16-18-27(19-17-26)32(29,30)23-12-10-22(31-2)11-13-23/h10-13,20-21H,3-9,14-19H2,1-2H3,(H,25,28). The summed E-state index contributed by atoms with van der Waals surface area (Å²) in [7, 11) is -1.93. The molecule has 1 amide bonds. The van der Waals surface area contributed by atoms with Crippen molar-refractivity contribution < 1.29 is 17.9 Å². The van der Waals surface area contributed by atoms with Gasteiger partial charge in [0.2, 0.25) is 15.9 Å². The Morgan fingerprint density at radius 3 is 2.31 bits per heavy atom. The molecule has 0 spiro atoms. The van der Waals surface area contributed by atoms with E-state index in [0.717, 1.165) is 25.3 Å². The first-order valence-corrected chi connectivity index (χ1v) is 13.5. The molecular formula is C24H39N3O4S. The van der Waals surface area contributed by atoms with Gasteiger partial charge in [-0.05, 0) is 55.9 Å². The number of nitrogens with one attached hydrogen (secondary N) is 1. The number of carbonyl (C=O) groups excluding carboxylic acids is 1. The van der Waals surface area contributed by atoms with Gasteiger partial charge < -0.3 is 10.1 Å². The van der Waals surface area contributed by atoms with Gasteiger partial charge in [0.1, 0.15) is 5.75 Å². The highest BCUT2D eigenvalue weighted by Gasteiger charge is 2.29. The minimum atomic E-state index is -3.49. The van der Waals surface area contributed by atoms with Crippen molar-refractivity contribution in [1.29, 1.82) is 0 Å². The van der Waals surface area contributed by atoms with Crippen molar-refractivity contribution >= 4 is 15.9 Å². The van der Waals surface area contributed by atoms with Crippen LogP contribution in [0.3, 0.4) is 0 Å². The molecule has 7 nitrogen and oxygen atoms in total. The van der Waals surface area contributed by atoms with Crippen LogP contribution in [-0.2, 0) is 14.8 Å². The van der Waals surface area contributed by atoms with E-state index in [1.54, 1.807) is 35.7 Å². The molecule has 180 valence electrons. The highest BCUT2D eigenvalue weighted by Crippen LogP contribution is 2.32. The SMILES string of the molecule is CCCCC1CCC(C(=O)NCCN2CCN(S(=O)(=O)c3ccc(OC)cc3)CC2)CC1. The molecule has 0 radical (unpaired) electrons. The van der Waals surface area contributed by atoms with Crippen molar-refractivity contribution in [1.82, 2.24) is 14.5 Å². The summed E-state index contributed by atoms with van der Waals surface area (Å²) in [5.41, 5.74) is 0. The molecule has 0 aromatic heterocycles. The second-order valence-electron chi connectivity index (χ2n) is 9.07. The number of unbranched alkanes of at least 4 members (excludes halogenated alkanes) is 1. The lowest BCUT2D eigenvalue weighted by molar-refractivity contribution is -0.126. The van der Waals surface area contributed by atoms with Crippen LogP contribution < -0.4 is 10.1 Å². The summed E-state index contributed by atoms with van der Waals surface area (Å²) in [6.07, 6.45) is 8.26. The van der Waals surface area contributed by atoms with Gasteiger partial charge in [-0.15, -0.1) is 0 Å². The molecule has 1 aliphatic carbocycles. The molecule has 3 rings (SSSR count). The van der Waals surface area contributed by atoms with Crippen LogP contribution in [0.5, 0.6) is 5.75 Å². The summed E-state index contributed by atoms with van der Waals surface area (Å²) >= 11 is 0. The summed E-state index contributed by atoms with van der Waals surface area (Å²) in [5.74, 6) is 1.81. The minimum absolute atomic E-state index is 0.166. The molecule has 1 aromatic rings. The summed E-state index contributed by atoms with van der Waals surface area (Å²) < 4.78 is 32.4. The van der Waals surface area contributed by atoms with E-state index in [1.807, 2.05) is 0 Å². The average Bonchev–Trinajstić information content (AvgIpc) is 2.83. The average molecular weight is 466 g/mol. The van der Waals surface area contributed by atoms with Gasteiger partial charge in [0, 0.05) is 45.2 Å². The Morgan fingerprint density at radius 1 is 1.06 bits per heavy atom. The van der Waals surface area contributed by atoms with Gasteiger partial charge in [-0.3, -0.25) is 9.69 Å². The van der Waals surface area contributed by atoms with E-state index in [-0.39, 0.29) is 11.8 Å². The van der Waals surface area contributed by atoms with Gasteiger partial charge in [-0.25, -0.2) is 8.42 Å². The lowest BCUT2D eigenvalue weighted by Gasteiger charge is -2.34. The predicted molar refractivity (Wildman–Crippen MR) is 126 cm³/mol. The van der Waals surface area contributed by atoms with E-state index < -0.39 is 10.0 Å². The number of rotatable bonds is 10. The Morgan fingerprint density at radius 2 is 1.72 bits per heavy atom. The van der Waals surface area contributed by atoms with Crippen molar-refractivity contribution in [2.75, 3.05) is 46.4 Å². The minimum Gasteiger partial charge on any atom is -0.497 e. The first-order chi connectivity index (χ1) is 15.4. The molecule has 0 unspecified atom stereocenters. The number of carbonyl (C=O) groups is 1. The fraction of sp³-hybridized carbons (Fsp3) is 0.708. The van der Waals surface area contributed by atoms with Crippen LogP contribution in [0, 0.1) is 11.8 Å². The zero-order valence-corrected chi connectivity index (χ0v) is 20.4. The van der Waals surface area contributed by atoms with Gasteiger partial charge in [0.05, 0.1) is 12.0 Å². The third kappa shape index (κ3) is 6.68. The Labute approximate surface area is 193 Å². The second kappa shape index (κ2) is 12.0. The molecule has 1 N–H and O–H groups in total. The first kappa shape index (κ1) is 25.0. The largest absolute Gasteiger partial charge is 0.497 e. The van der Waals surface area contributed by atoms with E-state index >= 15 is 0 Å². The van der Waals surface area contributed by atoms with Gasteiger partial charge in [0.25, 0.3) is 0 Å². The molecule has 0 atom stereocenters. The molecule has 2 fully saturated rings. The van der Waals surface area contributed by atoms with Gasteiger partial charge in [0.15, 0.2) is 0 Å². The van der Waals surface area contributed by atoms with E-state index in [0.29, 0.717) is 43.4 Å². The number of piperazine rings is 1. The lowest BCUT2D eigenvalue weighted by atomic mass is 9.79. The molecule has 1 saturated heterocycles. The molecule has 32 heavy (non-hydrogen) atoms. The van der Waals surface area contributed by atoms with Crippen LogP contribution in [0.15, 0.2) is 29.2 Å². The van der Waals surface area contributed by atoms with Crippen LogP contribution in [0.4, 0.5) is 0 Å². The maximum Gasteiger partial charge on any atom is 0.243 e. The van der Waals surface area contributed by atoms with Crippen LogP contribution in [-0.4, -0.2) is 69.9 Å². The molecule has 8 heteroatoms. The molecule has 1 saturated carbocycles. The van der Waals surface area contributed by atoms with Crippen LogP contribution >= 0.6 is 0 Å². The number of hydrogen-bond acceptors (Lipinski definition) is 5. The Balaban J connectivity index is 1.36. The number of methoxy groups -OCH3 is 1. The fourth-order valence-corrected chi connectivity index (χ4v) is 6.20. The Bertz CT molecular complexity index is 812. The van der Waals surface area contributed by atoms with Crippen molar-refractivity contribution in [2.45, 2.75) is 56.8 Å². The summed E-state index contributed by atoms with van der Waals surface area (Å²) in [6, 6.07) is 6.52. The third-order valence-electron chi connectivity index (χ3n) is 6.94. The fourth-order valence-electron chi connectivity index (χ4n) is 4.78. The number of hydrogen-bond donors (Lipinski definition) is 1. The third-order valence-corrected chi connectivity index (χ3v) is 8.85. The normalized spacial score (nSPS) is 23.1. The molecule has 1 heterocycles. The zero-order chi connectivity index (χ0) is 23.0. The van der Waals surface area contributed by atoms with Gasteiger partial charge >= 0.3 is 0 Å². The quantitative estimate of drug-likeness (QED) is 0.574. The van der Waals surface area contributed by atoms with Crippen LogP contribution in [0.1, 0.15) is 51.9 Å². The van der Waals surface area contributed by atoms with Crippen molar-refractivity contribution in [2.24, 2.45) is 11.8 Å². The lowest BCUT2D eigenvalue weighted by Crippen LogP contribution is -2.50. The molecule has 0 bridgehead atoms. The number of benzene rings is 1. The summed E-state index contributed by atoms with van der Waals surface area (Å²) in [4.78, 5) is 15.0. The Kier molecular flexibility index (Phi) is 9.37. The number of nitrogens with zero attached hydrogens (tertiary/aromatic N) is 2. The first-order valence-electron chi connectivity index (χ1n) is 12.1.